The van der Waals surface area contributed by atoms with E-state index in [4.69, 9.17) is 4.52 Å². The van der Waals surface area contributed by atoms with Gasteiger partial charge in [-0.3, -0.25) is 4.57 Å². The van der Waals surface area contributed by atoms with E-state index in [2.05, 4.69) is 9.26 Å². The molecule has 0 aromatic carbocycles. The van der Waals surface area contributed by atoms with E-state index < -0.39 is 7.60 Å². The van der Waals surface area contributed by atoms with Gasteiger partial charge in [0.05, 0.1) is 13.2 Å². The van der Waals surface area contributed by atoms with Gasteiger partial charge in [-0.25, -0.2) is 0 Å². The average Bonchev–Trinajstić information content (AvgIpc) is 1.89. The van der Waals surface area contributed by atoms with Crippen LogP contribution < -0.4 is 0 Å². The molecule has 1 unspecified atom stereocenters. The topological polar surface area (TPSA) is 44.8 Å². The Labute approximate surface area is 61.0 Å². The fourth-order valence-corrected chi connectivity index (χ4v) is 0.851. The van der Waals surface area contributed by atoms with Gasteiger partial charge >= 0.3 is 7.60 Å². The Hall–Kier alpha value is 0.110. The van der Waals surface area contributed by atoms with Crippen molar-refractivity contribution in [3.05, 3.63) is 0 Å². The fraction of sp³-hybridized carbons (Fsp3) is 1.00. The SMILES string of the molecule is COCCOP(C)(=O)OC. The highest BCUT2D eigenvalue weighted by Gasteiger charge is 2.12. The maximum Gasteiger partial charge on any atom is 0.327 e. The molecule has 10 heavy (non-hydrogen) atoms. The van der Waals surface area contributed by atoms with E-state index in [0.29, 0.717) is 13.2 Å². The standard InChI is InChI=1S/C5H13O4P/c1-7-4-5-9-10(3,6)8-2/h4-5H2,1-3H3. The smallest absolute Gasteiger partial charge is 0.327 e. The second-order valence-electron chi connectivity index (χ2n) is 1.78. The van der Waals surface area contributed by atoms with Gasteiger partial charge in [0.15, 0.2) is 0 Å². The van der Waals surface area contributed by atoms with Gasteiger partial charge in [0.2, 0.25) is 0 Å². The third-order valence-corrected chi connectivity index (χ3v) is 2.26. The summed E-state index contributed by atoms with van der Waals surface area (Å²) in [5.74, 6) is 0. The van der Waals surface area contributed by atoms with Crippen LogP contribution in [0.25, 0.3) is 0 Å². The van der Waals surface area contributed by atoms with Crippen molar-refractivity contribution >= 4 is 7.60 Å². The van der Waals surface area contributed by atoms with Crippen LogP contribution in [0.3, 0.4) is 0 Å². The van der Waals surface area contributed by atoms with Gasteiger partial charge in [0.25, 0.3) is 0 Å². The Kier molecular flexibility index (Phi) is 4.91. The summed E-state index contributed by atoms with van der Waals surface area (Å²) < 4.78 is 25.0. The lowest BCUT2D eigenvalue weighted by molar-refractivity contribution is 0.134. The zero-order chi connectivity index (χ0) is 8.04. The minimum Gasteiger partial charge on any atom is -0.382 e. The second kappa shape index (κ2) is 4.85. The number of hydrogen-bond donors (Lipinski definition) is 0. The van der Waals surface area contributed by atoms with Gasteiger partial charge in [-0.15, -0.1) is 0 Å². The molecule has 0 N–H and O–H groups in total. The van der Waals surface area contributed by atoms with Gasteiger partial charge in [-0.2, -0.15) is 0 Å². The van der Waals surface area contributed by atoms with Crippen molar-refractivity contribution in [3.8, 4) is 0 Å². The van der Waals surface area contributed by atoms with Gasteiger partial charge in [0.1, 0.15) is 0 Å². The number of methoxy groups -OCH3 is 1. The first-order chi connectivity index (χ1) is 4.62. The van der Waals surface area contributed by atoms with Crippen molar-refractivity contribution in [2.75, 3.05) is 34.1 Å². The molecule has 0 heterocycles. The zero-order valence-electron chi connectivity index (χ0n) is 6.49. The van der Waals surface area contributed by atoms with Crippen molar-refractivity contribution in [2.24, 2.45) is 0 Å². The van der Waals surface area contributed by atoms with Crippen LogP contribution in [0.2, 0.25) is 0 Å². The van der Waals surface area contributed by atoms with E-state index in [1.165, 1.54) is 13.8 Å². The highest BCUT2D eigenvalue weighted by Crippen LogP contribution is 2.42. The predicted molar refractivity (Wildman–Crippen MR) is 38.4 cm³/mol. The van der Waals surface area contributed by atoms with Crippen molar-refractivity contribution in [1.29, 1.82) is 0 Å². The minimum absolute atomic E-state index is 0.304. The fourth-order valence-electron chi connectivity index (χ4n) is 0.339. The normalized spacial score (nSPS) is 16.7. The molecular weight excluding hydrogens is 155 g/mol. The van der Waals surface area contributed by atoms with Crippen LogP contribution in [0.15, 0.2) is 0 Å². The van der Waals surface area contributed by atoms with Crippen molar-refractivity contribution in [3.63, 3.8) is 0 Å². The molecule has 0 radical (unpaired) electrons. The Morgan fingerprint density at radius 2 is 1.90 bits per heavy atom. The zero-order valence-corrected chi connectivity index (χ0v) is 7.39. The maximum absolute atomic E-state index is 11.0. The lowest BCUT2D eigenvalue weighted by Gasteiger charge is -2.09. The molecular formula is C5H13O4P. The van der Waals surface area contributed by atoms with E-state index in [1.807, 2.05) is 0 Å². The first kappa shape index (κ1) is 10.1. The Bertz CT molecular complexity index is 125. The molecule has 62 valence electrons. The Morgan fingerprint density at radius 3 is 2.30 bits per heavy atom. The highest BCUT2D eigenvalue weighted by molar-refractivity contribution is 7.52. The second-order valence-corrected chi connectivity index (χ2v) is 3.95. The summed E-state index contributed by atoms with van der Waals surface area (Å²) in [4.78, 5) is 0. The molecule has 0 aliphatic heterocycles. The average molecular weight is 168 g/mol. The molecule has 0 fully saturated rings. The summed E-state index contributed by atoms with van der Waals surface area (Å²) in [6, 6.07) is 0. The van der Waals surface area contributed by atoms with Gasteiger partial charge in [-0.1, -0.05) is 0 Å². The molecule has 0 amide bonds. The molecule has 0 rings (SSSR count). The third-order valence-electron chi connectivity index (χ3n) is 0.945. The maximum atomic E-state index is 11.0. The summed E-state index contributed by atoms with van der Waals surface area (Å²) in [6.45, 7) is 2.15. The van der Waals surface area contributed by atoms with Crippen LogP contribution in [0, 0.1) is 0 Å². The lowest BCUT2D eigenvalue weighted by atomic mass is 10.8. The summed E-state index contributed by atoms with van der Waals surface area (Å²) in [5.41, 5.74) is 0. The Balaban J connectivity index is 3.38. The van der Waals surface area contributed by atoms with Crippen molar-refractivity contribution < 1.29 is 18.3 Å². The van der Waals surface area contributed by atoms with E-state index in [1.54, 1.807) is 7.11 Å². The molecule has 0 bridgehead atoms. The summed E-state index contributed by atoms with van der Waals surface area (Å²) in [7, 11) is 0.124. The largest absolute Gasteiger partial charge is 0.382 e. The molecule has 0 spiro atoms. The number of ether oxygens (including phenoxy) is 1. The van der Waals surface area contributed by atoms with Gasteiger partial charge < -0.3 is 13.8 Å². The van der Waals surface area contributed by atoms with Crippen LogP contribution in [-0.4, -0.2) is 34.1 Å². The van der Waals surface area contributed by atoms with Gasteiger partial charge in [0, 0.05) is 20.9 Å². The van der Waals surface area contributed by atoms with Crippen LogP contribution in [0.1, 0.15) is 0 Å². The molecule has 0 aromatic rings. The third kappa shape index (κ3) is 4.94. The lowest BCUT2D eigenvalue weighted by Crippen LogP contribution is -2.00. The van der Waals surface area contributed by atoms with Crippen LogP contribution in [-0.2, 0) is 18.3 Å². The number of rotatable bonds is 5. The molecule has 0 saturated carbocycles. The summed E-state index contributed by atoms with van der Waals surface area (Å²) in [6.07, 6.45) is 0. The van der Waals surface area contributed by atoms with E-state index in [0.717, 1.165) is 0 Å². The first-order valence-corrected chi connectivity index (χ1v) is 4.88. The van der Waals surface area contributed by atoms with Crippen LogP contribution in [0.4, 0.5) is 0 Å². The number of hydrogen-bond acceptors (Lipinski definition) is 4. The first-order valence-electron chi connectivity index (χ1n) is 2.89. The van der Waals surface area contributed by atoms with Crippen LogP contribution >= 0.6 is 7.60 Å². The van der Waals surface area contributed by atoms with Crippen molar-refractivity contribution in [1.82, 2.24) is 0 Å². The van der Waals surface area contributed by atoms with E-state index in [-0.39, 0.29) is 0 Å². The molecule has 4 nitrogen and oxygen atoms in total. The molecule has 0 aliphatic carbocycles. The molecule has 0 saturated heterocycles. The predicted octanol–water partition coefficient (Wildman–Crippen LogP) is 1.12. The highest BCUT2D eigenvalue weighted by atomic mass is 31.2. The van der Waals surface area contributed by atoms with Crippen molar-refractivity contribution in [2.45, 2.75) is 0 Å². The van der Waals surface area contributed by atoms with E-state index >= 15 is 0 Å². The summed E-state index contributed by atoms with van der Waals surface area (Å²) in [5, 5.41) is 0. The van der Waals surface area contributed by atoms with E-state index in [9.17, 15) is 4.57 Å². The molecule has 5 heteroatoms. The quantitative estimate of drug-likeness (QED) is 0.455. The molecule has 1 atom stereocenters. The van der Waals surface area contributed by atoms with Gasteiger partial charge in [-0.05, 0) is 0 Å². The minimum atomic E-state index is -2.78. The summed E-state index contributed by atoms with van der Waals surface area (Å²) >= 11 is 0. The Morgan fingerprint density at radius 1 is 1.30 bits per heavy atom. The monoisotopic (exact) mass is 168 g/mol. The van der Waals surface area contributed by atoms with Crippen LogP contribution in [0.5, 0.6) is 0 Å². The molecule has 0 aliphatic rings. The molecule has 0 aromatic heterocycles.